The summed E-state index contributed by atoms with van der Waals surface area (Å²) in [6.45, 7) is 3.46. The third kappa shape index (κ3) is 3.71. The predicted molar refractivity (Wildman–Crippen MR) is 116 cm³/mol. The lowest BCUT2D eigenvalue weighted by Crippen LogP contribution is -2.15. The summed E-state index contributed by atoms with van der Waals surface area (Å²) < 4.78 is 39.7. The molecular weight excluding hydrogens is 419 g/mol. The fraction of sp³-hybridized carbons (Fsp3) is 0.409. The molecule has 1 saturated heterocycles. The highest BCUT2D eigenvalue weighted by atomic mass is 32.2. The third-order valence-electron chi connectivity index (χ3n) is 6.08. The number of sulfone groups is 1. The maximum absolute atomic E-state index is 13.9. The van der Waals surface area contributed by atoms with Gasteiger partial charge in [0.05, 0.1) is 34.2 Å². The van der Waals surface area contributed by atoms with Gasteiger partial charge in [0.25, 0.3) is 5.91 Å². The number of hydrogen-bond donors (Lipinski definition) is 1. The van der Waals surface area contributed by atoms with Crippen LogP contribution in [0.5, 0.6) is 0 Å². The van der Waals surface area contributed by atoms with Gasteiger partial charge in [0, 0.05) is 17.3 Å². The summed E-state index contributed by atoms with van der Waals surface area (Å²) in [5, 5.41) is 7.98. The molecule has 2 fully saturated rings. The van der Waals surface area contributed by atoms with Crippen molar-refractivity contribution >= 4 is 32.5 Å². The molecule has 162 valence electrons. The number of nitrogens with one attached hydrogen (secondary N) is 1. The van der Waals surface area contributed by atoms with E-state index in [1.54, 1.807) is 36.7 Å². The van der Waals surface area contributed by atoms with E-state index < -0.39 is 9.84 Å². The van der Waals surface area contributed by atoms with E-state index in [1.165, 1.54) is 6.07 Å². The number of hydrogen-bond acceptors (Lipinski definition) is 5. The van der Waals surface area contributed by atoms with Crippen molar-refractivity contribution in [1.82, 2.24) is 14.8 Å². The van der Waals surface area contributed by atoms with Gasteiger partial charge in [-0.25, -0.2) is 22.5 Å². The zero-order chi connectivity index (χ0) is 21.9. The normalized spacial score (nSPS) is 20.3. The number of halogens is 1. The van der Waals surface area contributed by atoms with Gasteiger partial charge in [-0.1, -0.05) is 6.07 Å². The van der Waals surface area contributed by atoms with E-state index in [2.05, 4.69) is 10.4 Å². The molecule has 0 bridgehead atoms. The van der Waals surface area contributed by atoms with Crippen molar-refractivity contribution in [3.63, 3.8) is 0 Å². The van der Waals surface area contributed by atoms with E-state index in [0.29, 0.717) is 45.9 Å². The minimum absolute atomic E-state index is 0.0305. The van der Waals surface area contributed by atoms with Gasteiger partial charge in [-0.2, -0.15) is 5.10 Å². The molecule has 1 aliphatic carbocycles. The molecule has 0 spiro atoms. The first-order valence-corrected chi connectivity index (χ1v) is 12.2. The minimum Gasteiger partial charge on any atom is -0.322 e. The summed E-state index contributed by atoms with van der Waals surface area (Å²) in [4.78, 5) is 18.0. The van der Waals surface area contributed by atoms with E-state index in [-0.39, 0.29) is 29.3 Å². The third-order valence-corrected chi connectivity index (χ3v) is 7.83. The Kier molecular flexibility index (Phi) is 4.62. The summed E-state index contributed by atoms with van der Waals surface area (Å²) in [5.41, 5.74) is 3.28. The Morgan fingerprint density at radius 1 is 1.19 bits per heavy atom. The second-order valence-corrected chi connectivity index (χ2v) is 10.8. The first-order valence-electron chi connectivity index (χ1n) is 10.4. The monoisotopic (exact) mass is 442 g/mol. The van der Waals surface area contributed by atoms with Gasteiger partial charge in [-0.3, -0.25) is 4.79 Å². The molecule has 3 heterocycles. The first kappa shape index (κ1) is 20.1. The Morgan fingerprint density at radius 2 is 1.97 bits per heavy atom. The van der Waals surface area contributed by atoms with Gasteiger partial charge in [0.1, 0.15) is 5.82 Å². The topological polar surface area (TPSA) is 93.9 Å². The first-order chi connectivity index (χ1) is 14.7. The number of carbonyl (C=O) groups excluding carboxylic acids is 1. The molecule has 5 rings (SSSR count). The van der Waals surface area contributed by atoms with Crippen molar-refractivity contribution < 1.29 is 17.6 Å². The highest BCUT2D eigenvalue weighted by Gasteiger charge is 2.34. The number of aryl methyl sites for hydroxylation is 2. The molecule has 1 amide bonds. The van der Waals surface area contributed by atoms with Crippen molar-refractivity contribution in [2.45, 2.75) is 45.1 Å². The largest absolute Gasteiger partial charge is 0.322 e. The second-order valence-electron chi connectivity index (χ2n) is 8.57. The lowest BCUT2D eigenvalue weighted by molar-refractivity contribution is 0.102. The molecule has 1 saturated carbocycles. The van der Waals surface area contributed by atoms with Crippen LogP contribution >= 0.6 is 0 Å². The zero-order valence-corrected chi connectivity index (χ0v) is 18.2. The summed E-state index contributed by atoms with van der Waals surface area (Å²) in [6.07, 6.45) is 2.50. The van der Waals surface area contributed by atoms with E-state index in [4.69, 9.17) is 4.98 Å². The fourth-order valence-electron chi connectivity index (χ4n) is 4.19. The molecule has 31 heavy (non-hydrogen) atoms. The lowest BCUT2D eigenvalue weighted by atomic mass is 10.1. The maximum atomic E-state index is 13.9. The Hall–Kier alpha value is -2.81. The number of carbonyl (C=O) groups is 1. The highest BCUT2D eigenvalue weighted by molar-refractivity contribution is 7.91. The van der Waals surface area contributed by atoms with Gasteiger partial charge < -0.3 is 5.32 Å². The molecule has 3 aromatic rings. The molecule has 1 aromatic carbocycles. The average Bonchev–Trinajstić information content (AvgIpc) is 3.43. The molecular formula is C22H23FN4O3S. The molecule has 1 N–H and O–H groups in total. The molecule has 0 radical (unpaired) electrons. The van der Waals surface area contributed by atoms with Gasteiger partial charge in [0.15, 0.2) is 15.5 Å². The van der Waals surface area contributed by atoms with E-state index >= 15 is 0 Å². The standard InChI is InChI=1S/C22H23FN4O3S/c1-12-3-6-15(9-18(12)23)24-22(28)17-10-19(14-4-5-14)25-21-20(17)13(2)26-27(21)16-7-8-31(29,30)11-16/h3,6,9-10,14,16H,4-5,7-8,11H2,1-2H3,(H,24,28)/t16-/m0/s1. The number of fused-ring (bicyclic) bond motifs is 1. The Bertz CT molecular complexity index is 1330. The van der Waals surface area contributed by atoms with Gasteiger partial charge in [-0.05, 0) is 56.9 Å². The smallest absolute Gasteiger partial charge is 0.256 e. The predicted octanol–water partition coefficient (Wildman–Crippen LogP) is 3.68. The minimum atomic E-state index is -3.10. The SMILES string of the molecule is Cc1ccc(NC(=O)c2cc(C3CC3)nc3c2c(C)nn3[C@H]2CCS(=O)(=O)C2)cc1F. The summed E-state index contributed by atoms with van der Waals surface area (Å²) in [7, 11) is -3.10. The molecule has 7 nitrogen and oxygen atoms in total. The van der Waals surface area contributed by atoms with Crippen LogP contribution in [0, 0.1) is 19.7 Å². The molecule has 1 aliphatic heterocycles. The van der Waals surface area contributed by atoms with Crippen LogP contribution in [0.1, 0.15) is 58.5 Å². The van der Waals surface area contributed by atoms with Crippen LogP contribution in [0.3, 0.4) is 0 Å². The van der Waals surface area contributed by atoms with Gasteiger partial charge >= 0.3 is 0 Å². The summed E-state index contributed by atoms with van der Waals surface area (Å²) in [6, 6.07) is 6.09. The van der Waals surface area contributed by atoms with Crippen molar-refractivity contribution in [2.75, 3.05) is 16.8 Å². The molecule has 0 unspecified atom stereocenters. The Labute approximate surface area is 179 Å². The number of aromatic nitrogens is 3. The van der Waals surface area contributed by atoms with Crippen molar-refractivity contribution in [3.8, 4) is 0 Å². The lowest BCUT2D eigenvalue weighted by Gasteiger charge is -2.12. The van der Waals surface area contributed by atoms with Crippen molar-refractivity contribution in [2.24, 2.45) is 0 Å². The highest BCUT2D eigenvalue weighted by Crippen LogP contribution is 2.41. The second kappa shape index (κ2) is 7.12. The van der Waals surface area contributed by atoms with Crippen LogP contribution in [-0.4, -0.2) is 40.6 Å². The average molecular weight is 443 g/mol. The molecule has 2 aromatic heterocycles. The van der Waals surface area contributed by atoms with Crippen LogP contribution in [0.15, 0.2) is 24.3 Å². The number of anilines is 1. The molecule has 1 atom stereocenters. The van der Waals surface area contributed by atoms with Gasteiger partial charge in [0.2, 0.25) is 0 Å². The van der Waals surface area contributed by atoms with Crippen molar-refractivity contribution in [1.29, 1.82) is 0 Å². The number of rotatable bonds is 4. The number of pyridine rings is 1. The van der Waals surface area contributed by atoms with Crippen LogP contribution in [0.2, 0.25) is 0 Å². The van der Waals surface area contributed by atoms with Crippen LogP contribution in [-0.2, 0) is 9.84 Å². The van der Waals surface area contributed by atoms with Crippen LogP contribution in [0.4, 0.5) is 10.1 Å². The number of nitrogens with zero attached hydrogens (tertiary/aromatic N) is 3. The summed E-state index contributed by atoms with van der Waals surface area (Å²) in [5.74, 6) is -0.291. The Balaban J connectivity index is 1.60. The van der Waals surface area contributed by atoms with Crippen LogP contribution in [0.25, 0.3) is 11.0 Å². The van der Waals surface area contributed by atoms with Gasteiger partial charge in [-0.15, -0.1) is 0 Å². The Morgan fingerprint density at radius 3 is 2.61 bits per heavy atom. The molecule has 9 heteroatoms. The van der Waals surface area contributed by atoms with E-state index in [0.717, 1.165) is 18.5 Å². The van der Waals surface area contributed by atoms with E-state index in [9.17, 15) is 17.6 Å². The maximum Gasteiger partial charge on any atom is 0.256 e. The zero-order valence-electron chi connectivity index (χ0n) is 17.4. The molecule has 2 aliphatic rings. The number of amides is 1. The number of benzene rings is 1. The quantitative estimate of drug-likeness (QED) is 0.665. The fourth-order valence-corrected chi connectivity index (χ4v) is 5.88. The van der Waals surface area contributed by atoms with E-state index in [1.807, 2.05) is 0 Å². The van der Waals surface area contributed by atoms with Crippen molar-refractivity contribution in [3.05, 3.63) is 52.6 Å². The van der Waals surface area contributed by atoms with Crippen LogP contribution < -0.4 is 5.32 Å². The summed E-state index contributed by atoms with van der Waals surface area (Å²) >= 11 is 0.